The molecule has 0 amide bonds. The number of rotatable bonds is 6. The Bertz CT molecular complexity index is 667. The molecule has 0 unspecified atom stereocenters. The number of aromatic nitrogens is 4. The van der Waals surface area contributed by atoms with Crippen LogP contribution in [0.1, 0.15) is 39.5 Å². The summed E-state index contributed by atoms with van der Waals surface area (Å²) >= 11 is 0. The highest BCUT2D eigenvalue weighted by molar-refractivity contribution is 5.50. The summed E-state index contributed by atoms with van der Waals surface area (Å²) in [4.78, 5) is 8.11. The van der Waals surface area contributed by atoms with E-state index in [2.05, 4.69) is 27.3 Å². The van der Waals surface area contributed by atoms with Gasteiger partial charge in [-0.25, -0.2) is 4.98 Å². The summed E-state index contributed by atoms with van der Waals surface area (Å²) in [5.74, 6) is 1.05. The SMILES string of the molecule is CCn1cc(Nc2ncc(F)c(OCC3CCC(C)CC3)n2)cn1. The molecule has 0 saturated heterocycles. The van der Waals surface area contributed by atoms with Crippen molar-refractivity contribution in [1.29, 1.82) is 0 Å². The molecule has 2 aromatic heterocycles. The maximum absolute atomic E-state index is 13.9. The first-order valence-electron chi connectivity index (χ1n) is 8.59. The van der Waals surface area contributed by atoms with Crippen LogP contribution in [0, 0.1) is 17.7 Å². The van der Waals surface area contributed by atoms with Gasteiger partial charge in [0, 0.05) is 12.7 Å². The van der Waals surface area contributed by atoms with Gasteiger partial charge in [0.25, 0.3) is 5.88 Å². The Morgan fingerprint density at radius 2 is 2.08 bits per heavy atom. The third kappa shape index (κ3) is 4.21. The van der Waals surface area contributed by atoms with Crippen molar-refractivity contribution in [1.82, 2.24) is 19.7 Å². The van der Waals surface area contributed by atoms with E-state index in [9.17, 15) is 4.39 Å². The molecule has 130 valence electrons. The number of anilines is 2. The molecular weight excluding hydrogens is 309 g/mol. The molecule has 2 aromatic rings. The maximum Gasteiger partial charge on any atom is 0.255 e. The number of nitrogens with one attached hydrogen (secondary N) is 1. The molecule has 1 saturated carbocycles. The van der Waals surface area contributed by atoms with Gasteiger partial charge in [-0.1, -0.05) is 19.8 Å². The van der Waals surface area contributed by atoms with Gasteiger partial charge >= 0.3 is 0 Å². The lowest BCUT2D eigenvalue weighted by Crippen LogP contribution is -2.19. The molecule has 1 N–H and O–H groups in total. The van der Waals surface area contributed by atoms with Gasteiger partial charge in [-0.15, -0.1) is 0 Å². The summed E-state index contributed by atoms with van der Waals surface area (Å²) in [5, 5.41) is 7.19. The van der Waals surface area contributed by atoms with E-state index in [4.69, 9.17) is 4.74 Å². The molecule has 1 aliphatic rings. The van der Waals surface area contributed by atoms with Crippen LogP contribution in [-0.4, -0.2) is 26.4 Å². The highest BCUT2D eigenvalue weighted by atomic mass is 19.1. The van der Waals surface area contributed by atoms with Crippen LogP contribution in [0.5, 0.6) is 5.88 Å². The van der Waals surface area contributed by atoms with E-state index in [1.54, 1.807) is 10.9 Å². The van der Waals surface area contributed by atoms with Crippen LogP contribution in [-0.2, 0) is 6.54 Å². The Morgan fingerprint density at radius 3 is 2.79 bits per heavy atom. The minimum atomic E-state index is -0.533. The fraction of sp³-hybridized carbons (Fsp3) is 0.588. The minimum Gasteiger partial charge on any atom is -0.475 e. The topological polar surface area (TPSA) is 64.9 Å². The van der Waals surface area contributed by atoms with Crippen molar-refractivity contribution in [2.45, 2.75) is 46.1 Å². The quantitative estimate of drug-likeness (QED) is 0.871. The lowest BCUT2D eigenvalue weighted by Gasteiger charge is -2.25. The molecule has 0 aliphatic heterocycles. The third-order valence-corrected chi connectivity index (χ3v) is 4.52. The van der Waals surface area contributed by atoms with Crippen molar-refractivity contribution >= 4 is 11.6 Å². The van der Waals surface area contributed by atoms with Crippen LogP contribution in [0.15, 0.2) is 18.6 Å². The molecule has 1 fully saturated rings. The van der Waals surface area contributed by atoms with E-state index in [1.807, 2.05) is 13.1 Å². The summed E-state index contributed by atoms with van der Waals surface area (Å²) in [7, 11) is 0. The number of hydrogen-bond donors (Lipinski definition) is 1. The maximum atomic E-state index is 13.9. The molecule has 0 bridgehead atoms. The molecule has 0 radical (unpaired) electrons. The molecule has 1 aliphatic carbocycles. The average molecular weight is 333 g/mol. The van der Waals surface area contributed by atoms with Gasteiger partial charge in [-0.3, -0.25) is 4.68 Å². The lowest BCUT2D eigenvalue weighted by molar-refractivity contribution is 0.178. The monoisotopic (exact) mass is 333 g/mol. The highest BCUT2D eigenvalue weighted by Gasteiger charge is 2.20. The second kappa shape index (κ2) is 7.59. The summed E-state index contributed by atoms with van der Waals surface area (Å²) in [6, 6.07) is 0. The van der Waals surface area contributed by atoms with Gasteiger partial charge < -0.3 is 10.1 Å². The van der Waals surface area contributed by atoms with Gasteiger partial charge in [0.15, 0.2) is 0 Å². The van der Waals surface area contributed by atoms with Crippen molar-refractivity contribution in [2.24, 2.45) is 11.8 Å². The molecule has 0 aromatic carbocycles. The second-order valence-electron chi connectivity index (χ2n) is 6.49. The van der Waals surface area contributed by atoms with Crippen LogP contribution >= 0.6 is 0 Å². The van der Waals surface area contributed by atoms with Gasteiger partial charge in [0.1, 0.15) is 0 Å². The molecule has 2 heterocycles. The number of ether oxygens (including phenoxy) is 1. The fourth-order valence-electron chi connectivity index (χ4n) is 2.94. The molecule has 3 rings (SSSR count). The first-order valence-corrected chi connectivity index (χ1v) is 8.59. The summed E-state index contributed by atoms with van der Waals surface area (Å²) < 4.78 is 21.3. The summed E-state index contributed by atoms with van der Waals surface area (Å²) in [6.07, 6.45) is 9.36. The van der Waals surface area contributed by atoms with Crippen molar-refractivity contribution in [2.75, 3.05) is 11.9 Å². The second-order valence-corrected chi connectivity index (χ2v) is 6.49. The molecule has 0 spiro atoms. The normalized spacial score (nSPS) is 20.8. The van der Waals surface area contributed by atoms with E-state index in [-0.39, 0.29) is 5.88 Å². The van der Waals surface area contributed by atoms with E-state index >= 15 is 0 Å². The zero-order chi connectivity index (χ0) is 16.9. The minimum absolute atomic E-state index is 0.00834. The Hall–Kier alpha value is -2.18. The average Bonchev–Trinajstić information content (AvgIpc) is 3.04. The van der Waals surface area contributed by atoms with Crippen LogP contribution < -0.4 is 10.1 Å². The van der Waals surface area contributed by atoms with Gasteiger partial charge in [-0.2, -0.15) is 14.5 Å². The lowest BCUT2D eigenvalue weighted by atomic mass is 9.83. The van der Waals surface area contributed by atoms with E-state index in [0.29, 0.717) is 18.5 Å². The van der Waals surface area contributed by atoms with Crippen molar-refractivity contribution in [3.05, 3.63) is 24.4 Å². The van der Waals surface area contributed by atoms with Crippen molar-refractivity contribution in [3.8, 4) is 5.88 Å². The predicted octanol–water partition coefficient (Wildman–Crippen LogP) is 3.78. The summed E-state index contributed by atoms with van der Waals surface area (Å²) in [5.41, 5.74) is 0.760. The molecule has 0 atom stereocenters. The predicted molar refractivity (Wildman–Crippen MR) is 89.8 cm³/mol. The largest absolute Gasteiger partial charge is 0.475 e. The highest BCUT2D eigenvalue weighted by Crippen LogP contribution is 2.29. The Kier molecular flexibility index (Phi) is 5.27. The Balaban J connectivity index is 1.60. The zero-order valence-corrected chi connectivity index (χ0v) is 14.2. The van der Waals surface area contributed by atoms with E-state index in [0.717, 1.165) is 37.2 Å². The van der Waals surface area contributed by atoms with Gasteiger partial charge in [0.05, 0.1) is 24.7 Å². The first kappa shape index (κ1) is 16.7. The van der Waals surface area contributed by atoms with Crippen LogP contribution in [0.2, 0.25) is 0 Å². The number of nitrogens with zero attached hydrogens (tertiary/aromatic N) is 4. The number of aryl methyl sites for hydroxylation is 1. The van der Waals surface area contributed by atoms with Crippen molar-refractivity contribution < 1.29 is 9.13 Å². The first-order chi connectivity index (χ1) is 11.6. The van der Waals surface area contributed by atoms with Gasteiger partial charge in [-0.05, 0) is 31.6 Å². The molecular formula is C17H24FN5O. The molecule has 6 nitrogen and oxygen atoms in total. The van der Waals surface area contributed by atoms with Crippen LogP contribution in [0.25, 0.3) is 0 Å². The van der Waals surface area contributed by atoms with Crippen LogP contribution in [0.4, 0.5) is 16.0 Å². The molecule has 24 heavy (non-hydrogen) atoms. The summed E-state index contributed by atoms with van der Waals surface area (Å²) in [6.45, 7) is 5.57. The Morgan fingerprint density at radius 1 is 1.29 bits per heavy atom. The fourth-order valence-corrected chi connectivity index (χ4v) is 2.94. The number of hydrogen-bond acceptors (Lipinski definition) is 5. The van der Waals surface area contributed by atoms with E-state index < -0.39 is 5.82 Å². The zero-order valence-electron chi connectivity index (χ0n) is 14.2. The Labute approximate surface area is 141 Å². The third-order valence-electron chi connectivity index (χ3n) is 4.52. The van der Waals surface area contributed by atoms with Crippen molar-refractivity contribution in [3.63, 3.8) is 0 Å². The number of halogens is 1. The van der Waals surface area contributed by atoms with Crippen LogP contribution in [0.3, 0.4) is 0 Å². The molecule has 7 heteroatoms. The van der Waals surface area contributed by atoms with E-state index in [1.165, 1.54) is 12.8 Å². The van der Waals surface area contributed by atoms with Gasteiger partial charge in [0.2, 0.25) is 11.8 Å². The standard InChI is InChI=1S/C17H24FN5O/c1-3-23-10-14(8-20-23)21-17-19-9-15(18)16(22-17)24-11-13-6-4-12(2)5-7-13/h8-10,12-13H,3-7,11H2,1-2H3,(H,19,21,22). The smallest absolute Gasteiger partial charge is 0.255 e.